The summed E-state index contributed by atoms with van der Waals surface area (Å²) in [6.07, 6.45) is 13.6. The molecule has 1 saturated carbocycles. The Bertz CT molecular complexity index is 3370. The SMILES string of the molecule is CC(C)c1cc2c(NCCc3cccs3)nc(N3CCN(I)C(c4ccc(CCNc5nc(N6CCN(I)C(C7CCCC(Nc8nc(N9CCN(I)CC9)nc9cnc(Cl)cc89)C7)C6)nc6cnccc56)s4)C3)nc2cn1. The third kappa shape index (κ3) is 12.4. The van der Waals surface area contributed by atoms with Gasteiger partial charge in [-0.15, -0.1) is 22.7 Å². The molecule has 12 rings (SSSR count). The molecule has 0 bridgehead atoms. The number of hydrogen-bond donors (Lipinski definition) is 3. The number of anilines is 6. The summed E-state index contributed by atoms with van der Waals surface area (Å²) in [5, 5.41) is 16.8. The fourth-order valence-electron chi connectivity index (χ4n) is 11.2. The summed E-state index contributed by atoms with van der Waals surface area (Å²) in [7, 11) is 0. The van der Waals surface area contributed by atoms with Crippen molar-refractivity contribution in [2.24, 2.45) is 5.92 Å². The molecule has 4 aliphatic rings. The second-order valence-corrected chi connectivity index (χ2v) is 27.4. The summed E-state index contributed by atoms with van der Waals surface area (Å²) < 4.78 is 7.28. The maximum atomic E-state index is 6.47. The molecule has 408 valence electrons. The van der Waals surface area contributed by atoms with Gasteiger partial charge >= 0.3 is 0 Å². The highest BCUT2D eigenvalue weighted by Crippen LogP contribution is 2.39. The van der Waals surface area contributed by atoms with Crippen LogP contribution in [0.2, 0.25) is 5.15 Å². The number of halogens is 4. The molecule has 4 fully saturated rings. The first kappa shape index (κ1) is 54.6. The Labute approximate surface area is 509 Å². The van der Waals surface area contributed by atoms with Gasteiger partial charge in [0, 0.05) is 202 Å². The summed E-state index contributed by atoms with van der Waals surface area (Å²) in [4.78, 5) is 55.6. The van der Waals surface area contributed by atoms with Crippen molar-refractivity contribution in [1.29, 1.82) is 0 Å². The van der Waals surface area contributed by atoms with E-state index in [2.05, 4.69) is 168 Å². The second-order valence-electron chi connectivity index (χ2n) is 20.9. The van der Waals surface area contributed by atoms with Crippen LogP contribution >= 0.6 is 103 Å². The van der Waals surface area contributed by atoms with E-state index in [1.807, 2.05) is 42.1 Å². The summed E-state index contributed by atoms with van der Waals surface area (Å²) in [6.45, 7) is 14.7. The van der Waals surface area contributed by atoms with Crippen molar-refractivity contribution in [1.82, 2.24) is 54.2 Å². The molecule has 1 aliphatic carbocycles. The summed E-state index contributed by atoms with van der Waals surface area (Å²) in [6, 6.07) is 15.8. The summed E-state index contributed by atoms with van der Waals surface area (Å²) in [5.41, 5.74) is 3.57. The van der Waals surface area contributed by atoms with Crippen LogP contribution in [0.25, 0.3) is 32.7 Å². The lowest BCUT2D eigenvalue weighted by Gasteiger charge is -2.44. The molecule has 8 aromatic rings. The minimum Gasteiger partial charge on any atom is -0.369 e. The molecule has 0 aromatic carbocycles. The van der Waals surface area contributed by atoms with Gasteiger partial charge in [0.25, 0.3) is 0 Å². The molecule has 0 spiro atoms. The van der Waals surface area contributed by atoms with Crippen molar-refractivity contribution in [3.05, 3.63) is 98.1 Å². The minimum atomic E-state index is 0.196. The van der Waals surface area contributed by atoms with E-state index in [0.717, 1.165) is 184 Å². The molecule has 78 heavy (non-hydrogen) atoms. The highest BCUT2D eigenvalue weighted by Gasteiger charge is 2.37. The molecule has 0 amide bonds. The largest absolute Gasteiger partial charge is 0.369 e. The molecule has 3 N–H and O–H groups in total. The number of pyridine rings is 3. The number of hydrogen-bond acceptors (Lipinski definition) is 20. The molecule has 11 heterocycles. The Morgan fingerprint density at radius 3 is 2.09 bits per heavy atom. The average molecular weight is 1440 g/mol. The van der Waals surface area contributed by atoms with E-state index in [-0.39, 0.29) is 12.1 Å². The van der Waals surface area contributed by atoms with Gasteiger partial charge in [-0.3, -0.25) is 9.97 Å². The fraction of sp³-hybridized carbons (Fsp3) is 0.463. The Morgan fingerprint density at radius 2 is 1.33 bits per heavy atom. The second kappa shape index (κ2) is 24.6. The van der Waals surface area contributed by atoms with Gasteiger partial charge in [0.15, 0.2) is 0 Å². The van der Waals surface area contributed by atoms with Crippen molar-refractivity contribution >= 4 is 171 Å². The highest BCUT2D eigenvalue weighted by atomic mass is 127. The normalized spacial score (nSPS) is 21.1. The molecule has 24 heteroatoms. The van der Waals surface area contributed by atoms with Crippen molar-refractivity contribution < 1.29 is 0 Å². The van der Waals surface area contributed by atoms with E-state index in [1.54, 1.807) is 17.5 Å². The van der Waals surface area contributed by atoms with Crippen molar-refractivity contribution in [3.8, 4) is 0 Å². The molecular weight excluding hydrogens is 1380 g/mol. The predicted molar refractivity (Wildman–Crippen MR) is 344 cm³/mol. The number of piperazine rings is 3. The van der Waals surface area contributed by atoms with Crippen LogP contribution in [0.1, 0.15) is 71.8 Å². The molecule has 8 aromatic heterocycles. The molecule has 4 unspecified atom stereocenters. The van der Waals surface area contributed by atoms with Gasteiger partial charge in [-0.2, -0.15) is 15.0 Å². The van der Waals surface area contributed by atoms with Crippen LogP contribution in [0.4, 0.5) is 35.3 Å². The first-order chi connectivity index (χ1) is 38.0. The van der Waals surface area contributed by atoms with E-state index in [1.165, 1.54) is 21.1 Å². The first-order valence-electron chi connectivity index (χ1n) is 27.0. The third-order valence-corrected chi connectivity index (χ3v) is 21.2. The van der Waals surface area contributed by atoms with E-state index < -0.39 is 0 Å². The first-order valence-corrected chi connectivity index (χ1v) is 32.0. The van der Waals surface area contributed by atoms with Crippen LogP contribution in [0.5, 0.6) is 0 Å². The zero-order valence-corrected chi connectivity index (χ0v) is 52.4. The number of aromatic nitrogens is 9. The smallest absolute Gasteiger partial charge is 0.228 e. The lowest BCUT2D eigenvalue weighted by Crippen LogP contribution is -2.54. The molecule has 4 atom stereocenters. The summed E-state index contributed by atoms with van der Waals surface area (Å²) in [5.74, 6) is 5.59. The zero-order chi connectivity index (χ0) is 53.3. The third-order valence-electron chi connectivity index (χ3n) is 15.5. The van der Waals surface area contributed by atoms with Crippen LogP contribution < -0.4 is 30.7 Å². The van der Waals surface area contributed by atoms with Crippen LogP contribution in [0, 0.1) is 5.92 Å². The van der Waals surface area contributed by atoms with E-state index in [0.29, 0.717) is 23.0 Å². The Hall–Kier alpha value is -3.97. The molecule has 3 saturated heterocycles. The number of fused-ring (bicyclic) bond motifs is 3. The van der Waals surface area contributed by atoms with E-state index in [4.69, 9.17) is 46.5 Å². The van der Waals surface area contributed by atoms with Crippen molar-refractivity contribution in [3.63, 3.8) is 0 Å². The Kier molecular flexibility index (Phi) is 17.2. The van der Waals surface area contributed by atoms with Crippen LogP contribution in [0.3, 0.4) is 0 Å². The molecule has 0 radical (unpaired) electrons. The van der Waals surface area contributed by atoms with Crippen molar-refractivity contribution in [2.45, 2.75) is 76.4 Å². The standard InChI is InChI=1S/C54H62ClI3N18S2/c1-33(2)41-26-39-43(29-62-41)67-54(69-50(39)61-14-10-36-7-4-24-77-36)73-19-23-76(58)46(32-73)47-9-8-37(78-47)11-15-60-49-38-12-13-59-28-42(38)65-53(68-49)72-18-22-75(57)45(31-72)34-5-3-6-35(25-34)64-51-40-27-48(55)63-30-44(40)66-52(70-51)71-16-20-74(56)21-17-71/h4,7-9,12-13,24,26-30,33-35,45-46H,3,5-6,10-11,14-23,25,31-32H2,1-2H3,(H,60,65,68)(H,61,67,69)(H,64,66,70). The van der Waals surface area contributed by atoms with Crippen LogP contribution in [-0.2, 0) is 12.8 Å². The maximum absolute atomic E-state index is 6.47. The van der Waals surface area contributed by atoms with Crippen LogP contribution in [0.15, 0.2) is 72.6 Å². The molecule has 18 nitrogen and oxygen atoms in total. The number of nitrogens with zero attached hydrogens (tertiary/aromatic N) is 15. The van der Waals surface area contributed by atoms with Gasteiger partial charge in [0.2, 0.25) is 17.8 Å². The van der Waals surface area contributed by atoms with Crippen molar-refractivity contribution in [2.75, 3.05) is 109 Å². The lowest BCUT2D eigenvalue weighted by atomic mass is 9.80. The Balaban J connectivity index is 0.706. The Morgan fingerprint density at radius 1 is 0.667 bits per heavy atom. The quantitative estimate of drug-likeness (QED) is 0.0473. The van der Waals surface area contributed by atoms with E-state index >= 15 is 0 Å². The van der Waals surface area contributed by atoms with Gasteiger partial charge in [-0.05, 0) is 85.7 Å². The maximum Gasteiger partial charge on any atom is 0.228 e. The summed E-state index contributed by atoms with van der Waals surface area (Å²) >= 11 is 17.6. The van der Waals surface area contributed by atoms with Gasteiger partial charge in [0.1, 0.15) is 22.6 Å². The molecule has 3 aliphatic heterocycles. The lowest BCUT2D eigenvalue weighted by molar-refractivity contribution is 0.195. The molecular formula is C54H62ClI3N18S2. The number of nitrogens with one attached hydrogen (secondary N) is 3. The average Bonchev–Trinajstić information content (AvgIpc) is 4.18. The fourth-order valence-corrected chi connectivity index (χ4v) is 15.3. The topological polar surface area (TPSA) is 172 Å². The monoisotopic (exact) mass is 1440 g/mol. The zero-order valence-electron chi connectivity index (χ0n) is 43.6. The number of thiophene rings is 2. The van der Waals surface area contributed by atoms with Gasteiger partial charge in [-0.1, -0.05) is 37.9 Å². The van der Waals surface area contributed by atoms with Gasteiger partial charge in [0.05, 0.1) is 41.2 Å². The van der Waals surface area contributed by atoms with Gasteiger partial charge < -0.3 is 30.7 Å². The van der Waals surface area contributed by atoms with Crippen LogP contribution in [-0.4, -0.2) is 145 Å². The number of rotatable bonds is 16. The van der Waals surface area contributed by atoms with E-state index in [9.17, 15) is 0 Å². The van der Waals surface area contributed by atoms with Gasteiger partial charge in [-0.25, -0.2) is 29.3 Å². The highest BCUT2D eigenvalue weighted by molar-refractivity contribution is 14.1. The minimum absolute atomic E-state index is 0.196. The predicted octanol–water partition coefficient (Wildman–Crippen LogP) is 11.1.